The molecular formula is C12H16Cl2N2. The van der Waals surface area contributed by atoms with E-state index < -0.39 is 0 Å². The number of piperazine rings is 1. The van der Waals surface area contributed by atoms with Gasteiger partial charge in [-0.1, -0.05) is 29.3 Å². The minimum Gasteiger partial charge on any atom is -0.314 e. The van der Waals surface area contributed by atoms with E-state index in [9.17, 15) is 0 Å². The van der Waals surface area contributed by atoms with E-state index in [4.69, 9.17) is 23.2 Å². The summed E-state index contributed by atoms with van der Waals surface area (Å²) in [5.41, 5.74) is 1.04. The van der Waals surface area contributed by atoms with Crippen LogP contribution in [0.25, 0.3) is 0 Å². The first kappa shape index (κ1) is 12.2. The standard InChI is InChI=1S/C12H16Cl2N2/c1-9-7-15-5-6-16(9)8-10-11(13)3-2-4-12(10)14/h2-4,9,15H,5-8H2,1H3/t9-/m0/s1. The minimum absolute atomic E-state index is 0.529. The van der Waals surface area contributed by atoms with Crippen LogP contribution in [0, 0.1) is 0 Å². The van der Waals surface area contributed by atoms with Gasteiger partial charge in [0.25, 0.3) is 0 Å². The number of rotatable bonds is 2. The number of halogens is 2. The molecule has 2 rings (SSSR count). The second-order valence-corrected chi connectivity index (χ2v) is 5.04. The van der Waals surface area contributed by atoms with E-state index in [-0.39, 0.29) is 0 Å². The van der Waals surface area contributed by atoms with Crippen LogP contribution in [0.15, 0.2) is 18.2 Å². The quantitative estimate of drug-likeness (QED) is 0.878. The van der Waals surface area contributed by atoms with Gasteiger partial charge in [-0.05, 0) is 19.1 Å². The summed E-state index contributed by atoms with van der Waals surface area (Å²) >= 11 is 12.3. The lowest BCUT2D eigenvalue weighted by atomic mass is 10.1. The van der Waals surface area contributed by atoms with Crippen molar-refractivity contribution >= 4 is 23.2 Å². The third-order valence-corrected chi connectivity index (χ3v) is 3.77. The number of nitrogens with one attached hydrogen (secondary N) is 1. The Morgan fingerprint density at radius 1 is 1.38 bits per heavy atom. The summed E-state index contributed by atoms with van der Waals surface area (Å²) in [7, 11) is 0. The Bertz CT molecular complexity index is 348. The lowest BCUT2D eigenvalue weighted by Gasteiger charge is -2.34. The van der Waals surface area contributed by atoms with Crippen LogP contribution in [0.5, 0.6) is 0 Å². The zero-order valence-corrected chi connectivity index (χ0v) is 10.9. The Kier molecular flexibility index (Phi) is 4.09. The van der Waals surface area contributed by atoms with Crippen molar-refractivity contribution < 1.29 is 0 Å². The van der Waals surface area contributed by atoms with Crippen molar-refractivity contribution in [3.05, 3.63) is 33.8 Å². The van der Waals surface area contributed by atoms with E-state index in [0.29, 0.717) is 6.04 Å². The van der Waals surface area contributed by atoms with Crippen molar-refractivity contribution in [3.8, 4) is 0 Å². The Morgan fingerprint density at radius 3 is 2.69 bits per heavy atom. The molecule has 1 fully saturated rings. The molecule has 16 heavy (non-hydrogen) atoms. The average Bonchev–Trinajstić information content (AvgIpc) is 2.26. The Balaban J connectivity index is 2.13. The second kappa shape index (κ2) is 5.37. The number of hydrogen-bond acceptors (Lipinski definition) is 2. The van der Waals surface area contributed by atoms with Crippen LogP contribution in [0.2, 0.25) is 10.0 Å². The van der Waals surface area contributed by atoms with Gasteiger partial charge in [-0.15, -0.1) is 0 Å². The lowest BCUT2D eigenvalue weighted by molar-refractivity contribution is 0.166. The van der Waals surface area contributed by atoms with Crippen molar-refractivity contribution in [3.63, 3.8) is 0 Å². The molecule has 4 heteroatoms. The molecule has 1 aliphatic heterocycles. The van der Waals surface area contributed by atoms with Crippen molar-refractivity contribution in [1.29, 1.82) is 0 Å². The molecule has 1 N–H and O–H groups in total. The van der Waals surface area contributed by atoms with Crippen molar-refractivity contribution in [2.75, 3.05) is 19.6 Å². The van der Waals surface area contributed by atoms with Crippen LogP contribution in [-0.4, -0.2) is 30.6 Å². The van der Waals surface area contributed by atoms with Gasteiger partial charge in [-0.3, -0.25) is 4.90 Å². The molecule has 0 unspecified atom stereocenters. The fourth-order valence-electron chi connectivity index (χ4n) is 2.00. The van der Waals surface area contributed by atoms with Crippen LogP contribution in [0.3, 0.4) is 0 Å². The van der Waals surface area contributed by atoms with Gasteiger partial charge in [0.2, 0.25) is 0 Å². The zero-order chi connectivity index (χ0) is 11.5. The maximum Gasteiger partial charge on any atom is 0.0465 e. The normalized spacial score (nSPS) is 22.3. The van der Waals surface area contributed by atoms with Crippen LogP contribution in [-0.2, 0) is 6.54 Å². The van der Waals surface area contributed by atoms with E-state index in [1.54, 1.807) is 0 Å². The number of benzene rings is 1. The SMILES string of the molecule is C[C@H]1CNCCN1Cc1c(Cl)cccc1Cl. The van der Waals surface area contributed by atoms with Crippen molar-refractivity contribution in [2.45, 2.75) is 19.5 Å². The summed E-state index contributed by atoms with van der Waals surface area (Å²) in [5, 5.41) is 4.90. The monoisotopic (exact) mass is 258 g/mol. The van der Waals surface area contributed by atoms with Crippen LogP contribution in [0.1, 0.15) is 12.5 Å². The molecular weight excluding hydrogens is 243 g/mol. The fraction of sp³-hybridized carbons (Fsp3) is 0.500. The van der Waals surface area contributed by atoms with Crippen molar-refractivity contribution in [2.24, 2.45) is 0 Å². The lowest BCUT2D eigenvalue weighted by Crippen LogP contribution is -2.49. The molecule has 1 heterocycles. The van der Waals surface area contributed by atoms with Gasteiger partial charge in [-0.2, -0.15) is 0 Å². The maximum absolute atomic E-state index is 6.17. The average molecular weight is 259 g/mol. The van der Waals surface area contributed by atoms with E-state index >= 15 is 0 Å². The molecule has 1 aromatic carbocycles. The molecule has 0 bridgehead atoms. The van der Waals surface area contributed by atoms with Crippen LogP contribution >= 0.6 is 23.2 Å². The Labute approximate surface area is 107 Å². The highest BCUT2D eigenvalue weighted by Crippen LogP contribution is 2.26. The Hall–Kier alpha value is -0.280. The van der Waals surface area contributed by atoms with E-state index in [1.165, 1.54) is 0 Å². The summed E-state index contributed by atoms with van der Waals surface area (Å²) in [6.07, 6.45) is 0. The van der Waals surface area contributed by atoms with E-state index in [1.807, 2.05) is 18.2 Å². The summed E-state index contributed by atoms with van der Waals surface area (Å²) in [6, 6.07) is 6.21. The Morgan fingerprint density at radius 2 is 2.06 bits per heavy atom. The van der Waals surface area contributed by atoms with Gasteiger partial charge in [0.05, 0.1) is 0 Å². The first-order valence-electron chi connectivity index (χ1n) is 5.56. The van der Waals surface area contributed by atoms with Crippen LogP contribution in [0.4, 0.5) is 0 Å². The first-order valence-corrected chi connectivity index (χ1v) is 6.31. The second-order valence-electron chi connectivity index (χ2n) is 4.22. The molecule has 0 aliphatic carbocycles. The highest BCUT2D eigenvalue weighted by molar-refractivity contribution is 6.35. The van der Waals surface area contributed by atoms with Crippen molar-refractivity contribution in [1.82, 2.24) is 10.2 Å². The molecule has 0 aromatic heterocycles. The highest BCUT2D eigenvalue weighted by atomic mass is 35.5. The minimum atomic E-state index is 0.529. The highest BCUT2D eigenvalue weighted by Gasteiger charge is 2.19. The summed E-state index contributed by atoms with van der Waals surface area (Å²) in [6.45, 7) is 6.16. The molecule has 0 amide bonds. The maximum atomic E-state index is 6.17. The van der Waals surface area contributed by atoms with Gasteiger partial charge in [0.15, 0.2) is 0 Å². The topological polar surface area (TPSA) is 15.3 Å². The predicted octanol–water partition coefficient (Wildman–Crippen LogP) is 2.79. The number of nitrogens with zero attached hydrogens (tertiary/aromatic N) is 1. The molecule has 0 saturated carbocycles. The molecule has 1 atom stereocenters. The molecule has 0 spiro atoms. The third kappa shape index (κ3) is 2.69. The summed E-state index contributed by atoms with van der Waals surface area (Å²) in [4.78, 5) is 2.41. The van der Waals surface area contributed by atoms with Gasteiger partial charge < -0.3 is 5.32 Å². The molecule has 88 valence electrons. The first-order chi connectivity index (χ1) is 7.68. The fourth-order valence-corrected chi connectivity index (χ4v) is 2.52. The van der Waals surface area contributed by atoms with Gasteiger partial charge in [0, 0.05) is 47.8 Å². The van der Waals surface area contributed by atoms with E-state index in [2.05, 4.69) is 17.1 Å². The predicted molar refractivity (Wildman–Crippen MR) is 69.2 cm³/mol. The smallest absolute Gasteiger partial charge is 0.0465 e. The van der Waals surface area contributed by atoms with Crippen LogP contribution < -0.4 is 5.32 Å². The molecule has 1 aromatic rings. The third-order valence-electron chi connectivity index (χ3n) is 3.06. The number of hydrogen-bond donors (Lipinski definition) is 1. The molecule has 2 nitrogen and oxygen atoms in total. The van der Waals surface area contributed by atoms with Gasteiger partial charge in [0.1, 0.15) is 0 Å². The zero-order valence-electron chi connectivity index (χ0n) is 9.34. The van der Waals surface area contributed by atoms with E-state index in [0.717, 1.165) is 41.8 Å². The molecule has 1 saturated heterocycles. The molecule has 0 radical (unpaired) electrons. The molecule has 1 aliphatic rings. The van der Waals surface area contributed by atoms with Gasteiger partial charge >= 0.3 is 0 Å². The largest absolute Gasteiger partial charge is 0.314 e. The summed E-state index contributed by atoms with van der Waals surface area (Å²) < 4.78 is 0. The van der Waals surface area contributed by atoms with Gasteiger partial charge in [-0.25, -0.2) is 0 Å². The summed E-state index contributed by atoms with van der Waals surface area (Å²) in [5.74, 6) is 0.